The highest BCUT2D eigenvalue weighted by Crippen LogP contribution is 2.13. The van der Waals surface area contributed by atoms with Gasteiger partial charge in [-0.1, -0.05) is 0 Å². The van der Waals surface area contributed by atoms with Gasteiger partial charge in [-0.3, -0.25) is 4.79 Å². The van der Waals surface area contributed by atoms with Gasteiger partial charge < -0.3 is 14.6 Å². The van der Waals surface area contributed by atoms with Crippen LogP contribution in [-0.2, 0) is 6.54 Å². The molecule has 2 rings (SSSR count). The molecule has 1 saturated heterocycles. The molecule has 1 aromatic heterocycles. The van der Waals surface area contributed by atoms with E-state index >= 15 is 0 Å². The highest BCUT2D eigenvalue weighted by atomic mass is 16.3. The Labute approximate surface area is 88.0 Å². The Hall–Kier alpha value is -1.36. The molecule has 0 bridgehead atoms. The van der Waals surface area contributed by atoms with E-state index in [1.807, 2.05) is 11.8 Å². The van der Waals surface area contributed by atoms with Crippen molar-refractivity contribution < 1.29 is 5.11 Å². The summed E-state index contributed by atoms with van der Waals surface area (Å²) in [5.74, 6) is 0.455. The molecule has 0 spiro atoms. The van der Waals surface area contributed by atoms with Crippen molar-refractivity contribution in [1.82, 2.24) is 9.55 Å². The number of anilines is 1. The van der Waals surface area contributed by atoms with Crippen molar-refractivity contribution in [2.24, 2.45) is 0 Å². The summed E-state index contributed by atoms with van der Waals surface area (Å²) in [6.07, 6.45) is 3.69. The van der Waals surface area contributed by atoms with Gasteiger partial charge in [-0.25, -0.2) is 4.98 Å². The van der Waals surface area contributed by atoms with E-state index in [2.05, 4.69) is 4.98 Å². The third-order valence-corrected chi connectivity index (χ3v) is 2.70. The molecule has 0 saturated carbocycles. The van der Waals surface area contributed by atoms with E-state index in [9.17, 15) is 9.90 Å². The SMILES string of the molecule is CCn1ccnc(N2CC[C@H](O)C2)c1=O. The Kier molecular flexibility index (Phi) is 2.73. The molecule has 2 heterocycles. The van der Waals surface area contributed by atoms with Crippen LogP contribution in [0.5, 0.6) is 0 Å². The van der Waals surface area contributed by atoms with E-state index < -0.39 is 0 Å². The van der Waals surface area contributed by atoms with Gasteiger partial charge in [0.05, 0.1) is 6.10 Å². The number of aryl methyl sites for hydroxylation is 1. The molecular formula is C10H15N3O2. The third-order valence-electron chi connectivity index (χ3n) is 2.70. The van der Waals surface area contributed by atoms with Crippen LogP contribution < -0.4 is 10.5 Å². The zero-order chi connectivity index (χ0) is 10.8. The van der Waals surface area contributed by atoms with Crippen molar-refractivity contribution in [1.29, 1.82) is 0 Å². The van der Waals surface area contributed by atoms with Gasteiger partial charge in [0.15, 0.2) is 5.82 Å². The number of β-amino-alcohol motifs (C(OH)–C–C–N with tert-alkyl or cyclic N) is 1. The molecule has 1 fully saturated rings. The first kappa shape index (κ1) is 10.2. The topological polar surface area (TPSA) is 58.4 Å². The molecule has 82 valence electrons. The second-order valence-electron chi connectivity index (χ2n) is 3.73. The number of hydrogen-bond acceptors (Lipinski definition) is 4. The first-order valence-corrected chi connectivity index (χ1v) is 5.21. The van der Waals surface area contributed by atoms with Gasteiger partial charge in [0.2, 0.25) is 0 Å². The maximum absolute atomic E-state index is 11.9. The van der Waals surface area contributed by atoms with Crippen LogP contribution in [0, 0.1) is 0 Å². The normalized spacial score (nSPS) is 20.9. The minimum absolute atomic E-state index is 0.0749. The first-order chi connectivity index (χ1) is 7.22. The van der Waals surface area contributed by atoms with Gasteiger partial charge in [-0.05, 0) is 13.3 Å². The van der Waals surface area contributed by atoms with Crippen molar-refractivity contribution in [2.75, 3.05) is 18.0 Å². The molecule has 5 heteroatoms. The first-order valence-electron chi connectivity index (χ1n) is 5.21. The summed E-state index contributed by atoms with van der Waals surface area (Å²) in [5, 5.41) is 9.40. The summed E-state index contributed by atoms with van der Waals surface area (Å²) in [6.45, 7) is 3.78. The Balaban J connectivity index is 2.32. The smallest absolute Gasteiger partial charge is 0.293 e. The van der Waals surface area contributed by atoms with E-state index in [1.54, 1.807) is 17.0 Å². The summed E-state index contributed by atoms with van der Waals surface area (Å²) < 4.78 is 1.62. The lowest BCUT2D eigenvalue weighted by atomic mass is 10.3. The number of nitrogens with zero attached hydrogens (tertiary/aromatic N) is 3. The summed E-state index contributed by atoms with van der Waals surface area (Å²) >= 11 is 0. The van der Waals surface area contributed by atoms with Gasteiger partial charge in [-0.2, -0.15) is 0 Å². The van der Waals surface area contributed by atoms with Crippen LogP contribution in [-0.4, -0.2) is 33.9 Å². The molecule has 5 nitrogen and oxygen atoms in total. The van der Waals surface area contributed by atoms with Crippen LogP contribution in [0.25, 0.3) is 0 Å². The number of aromatic nitrogens is 2. The highest BCUT2D eigenvalue weighted by molar-refractivity contribution is 5.37. The third kappa shape index (κ3) is 1.87. The summed E-state index contributed by atoms with van der Waals surface area (Å²) in [5.41, 5.74) is -0.0749. The zero-order valence-corrected chi connectivity index (χ0v) is 8.76. The Morgan fingerprint density at radius 3 is 3.07 bits per heavy atom. The highest BCUT2D eigenvalue weighted by Gasteiger charge is 2.23. The van der Waals surface area contributed by atoms with E-state index in [0.29, 0.717) is 31.9 Å². The van der Waals surface area contributed by atoms with Gasteiger partial charge in [0.1, 0.15) is 0 Å². The van der Waals surface area contributed by atoms with E-state index in [-0.39, 0.29) is 11.7 Å². The lowest BCUT2D eigenvalue weighted by Gasteiger charge is -2.16. The fourth-order valence-corrected chi connectivity index (χ4v) is 1.84. The average molecular weight is 209 g/mol. The predicted molar refractivity (Wildman–Crippen MR) is 57.0 cm³/mol. The lowest BCUT2D eigenvalue weighted by molar-refractivity contribution is 0.198. The summed E-state index contributed by atoms with van der Waals surface area (Å²) in [7, 11) is 0. The maximum atomic E-state index is 11.9. The summed E-state index contributed by atoms with van der Waals surface area (Å²) in [4.78, 5) is 17.8. The predicted octanol–water partition coefficient (Wildman–Crippen LogP) is -0.166. The molecule has 1 aliphatic rings. The van der Waals surface area contributed by atoms with Gasteiger partial charge in [0, 0.05) is 32.0 Å². The van der Waals surface area contributed by atoms with Crippen LogP contribution in [0.15, 0.2) is 17.2 Å². The molecule has 1 aromatic rings. The van der Waals surface area contributed by atoms with Crippen LogP contribution in [0.2, 0.25) is 0 Å². The zero-order valence-electron chi connectivity index (χ0n) is 8.76. The molecule has 0 amide bonds. The van der Waals surface area contributed by atoms with Crippen LogP contribution in [0.4, 0.5) is 5.82 Å². The standard InChI is InChI=1S/C10H15N3O2/c1-2-12-6-4-11-9(10(12)15)13-5-3-8(14)7-13/h4,6,8,14H,2-3,5,7H2,1H3/t8-/m0/s1. The second-order valence-corrected chi connectivity index (χ2v) is 3.73. The Morgan fingerprint density at radius 1 is 1.67 bits per heavy atom. The molecule has 1 atom stereocenters. The van der Waals surface area contributed by atoms with Crippen LogP contribution in [0.3, 0.4) is 0 Å². The van der Waals surface area contributed by atoms with Crippen molar-refractivity contribution in [2.45, 2.75) is 26.0 Å². The van der Waals surface area contributed by atoms with Gasteiger partial charge in [-0.15, -0.1) is 0 Å². The van der Waals surface area contributed by atoms with Crippen LogP contribution >= 0.6 is 0 Å². The van der Waals surface area contributed by atoms with E-state index in [1.165, 1.54) is 0 Å². The molecule has 0 radical (unpaired) electrons. The second kappa shape index (κ2) is 4.02. The van der Waals surface area contributed by atoms with Crippen molar-refractivity contribution in [3.05, 3.63) is 22.7 Å². The number of aliphatic hydroxyl groups is 1. The number of hydrogen-bond donors (Lipinski definition) is 1. The number of rotatable bonds is 2. The molecule has 0 aliphatic carbocycles. The number of aliphatic hydroxyl groups excluding tert-OH is 1. The van der Waals surface area contributed by atoms with Crippen molar-refractivity contribution in [3.8, 4) is 0 Å². The van der Waals surface area contributed by atoms with Gasteiger partial charge >= 0.3 is 0 Å². The Morgan fingerprint density at radius 2 is 2.47 bits per heavy atom. The van der Waals surface area contributed by atoms with Gasteiger partial charge in [0.25, 0.3) is 5.56 Å². The molecular weight excluding hydrogens is 194 g/mol. The van der Waals surface area contributed by atoms with E-state index in [0.717, 1.165) is 0 Å². The lowest BCUT2D eigenvalue weighted by Crippen LogP contribution is -2.32. The molecule has 1 aliphatic heterocycles. The largest absolute Gasteiger partial charge is 0.391 e. The Bertz CT molecular complexity index is 402. The molecule has 0 unspecified atom stereocenters. The van der Waals surface area contributed by atoms with E-state index in [4.69, 9.17) is 0 Å². The molecule has 0 aromatic carbocycles. The minimum Gasteiger partial charge on any atom is -0.391 e. The molecule has 15 heavy (non-hydrogen) atoms. The van der Waals surface area contributed by atoms with Crippen molar-refractivity contribution >= 4 is 5.82 Å². The fraction of sp³-hybridized carbons (Fsp3) is 0.600. The fourth-order valence-electron chi connectivity index (χ4n) is 1.84. The minimum atomic E-state index is -0.332. The quantitative estimate of drug-likeness (QED) is 0.735. The summed E-state index contributed by atoms with van der Waals surface area (Å²) in [6, 6.07) is 0. The maximum Gasteiger partial charge on any atom is 0.293 e. The van der Waals surface area contributed by atoms with Crippen molar-refractivity contribution in [3.63, 3.8) is 0 Å². The van der Waals surface area contributed by atoms with Crippen LogP contribution in [0.1, 0.15) is 13.3 Å². The monoisotopic (exact) mass is 209 g/mol. The average Bonchev–Trinajstić information content (AvgIpc) is 2.65. The molecule has 1 N–H and O–H groups in total.